The van der Waals surface area contributed by atoms with Crippen molar-refractivity contribution in [2.75, 3.05) is 12.0 Å². The van der Waals surface area contributed by atoms with Crippen LogP contribution in [-0.4, -0.2) is 47.5 Å². The zero-order valence-corrected chi connectivity index (χ0v) is 23.5. The third-order valence-electron chi connectivity index (χ3n) is 6.60. The van der Waals surface area contributed by atoms with Gasteiger partial charge in [0.1, 0.15) is 11.1 Å². The van der Waals surface area contributed by atoms with Crippen molar-refractivity contribution in [2.24, 2.45) is 11.8 Å². The number of nitrogens with zero attached hydrogens (tertiary/aromatic N) is 2. The monoisotopic (exact) mass is 556 g/mol. The first kappa shape index (κ1) is 28.3. The molecule has 0 atom stereocenters. The maximum absolute atomic E-state index is 13.4. The fourth-order valence-electron chi connectivity index (χ4n) is 4.64. The maximum atomic E-state index is 13.4. The van der Waals surface area contributed by atoms with Gasteiger partial charge in [-0.25, -0.2) is 23.2 Å². The molecule has 4 N–H and O–H groups in total. The summed E-state index contributed by atoms with van der Waals surface area (Å²) in [5.41, 5.74) is 6.38. The smallest absolute Gasteiger partial charge is 0.407 e. The van der Waals surface area contributed by atoms with Crippen molar-refractivity contribution < 1.29 is 22.7 Å². The zero-order valence-electron chi connectivity index (χ0n) is 22.7. The molecule has 3 aromatic rings. The van der Waals surface area contributed by atoms with E-state index in [1.807, 2.05) is 33.8 Å². The van der Waals surface area contributed by atoms with Crippen LogP contribution in [0.2, 0.25) is 0 Å². The van der Waals surface area contributed by atoms with E-state index in [1.54, 1.807) is 24.4 Å². The van der Waals surface area contributed by atoms with E-state index in [0.717, 1.165) is 31.2 Å². The van der Waals surface area contributed by atoms with Gasteiger partial charge in [0.05, 0.1) is 4.90 Å². The van der Waals surface area contributed by atoms with Crippen molar-refractivity contribution in [1.29, 1.82) is 0 Å². The van der Waals surface area contributed by atoms with Crippen LogP contribution in [0, 0.1) is 18.8 Å². The minimum atomic E-state index is -4.01. The molecule has 0 radical (unpaired) electrons. The van der Waals surface area contributed by atoms with Gasteiger partial charge in [-0.3, -0.25) is 15.6 Å². The van der Waals surface area contributed by atoms with Gasteiger partial charge >= 0.3 is 6.09 Å². The number of ether oxygens (including phenoxy) is 1. The van der Waals surface area contributed by atoms with Crippen LogP contribution >= 0.6 is 0 Å². The average Bonchev–Trinajstić information content (AvgIpc) is 3.33. The Morgan fingerprint density at radius 1 is 1.08 bits per heavy atom. The number of nitrogens with one attached hydrogen (secondary N) is 4. The quantitative estimate of drug-likeness (QED) is 0.300. The van der Waals surface area contributed by atoms with Gasteiger partial charge in [0.25, 0.3) is 0 Å². The second-order valence-electron chi connectivity index (χ2n) is 11.1. The Bertz CT molecular complexity index is 1440. The summed E-state index contributed by atoms with van der Waals surface area (Å²) < 4.78 is 32.1. The summed E-state index contributed by atoms with van der Waals surface area (Å²) in [5, 5.41) is 2.55. The maximum Gasteiger partial charge on any atom is 0.407 e. The van der Waals surface area contributed by atoms with Gasteiger partial charge in [-0.2, -0.15) is 0 Å². The number of amides is 2. The highest BCUT2D eigenvalue weighted by Crippen LogP contribution is 2.31. The number of benzene rings is 1. The highest BCUT2D eigenvalue weighted by atomic mass is 32.2. The molecule has 1 aromatic carbocycles. The molecule has 0 unspecified atom stereocenters. The predicted octanol–water partition coefficient (Wildman–Crippen LogP) is 4.26. The topological polar surface area (TPSA) is 155 Å². The molecule has 2 aromatic heterocycles. The minimum absolute atomic E-state index is 0.0473. The van der Waals surface area contributed by atoms with Crippen molar-refractivity contribution in [3.05, 3.63) is 42.1 Å². The molecular formula is C27H36N6O5S. The van der Waals surface area contributed by atoms with Gasteiger partial charge in [0, 0.05) is 19.2 Å². The molecule has 1 aliphatic rings. The number of aromatic amines is 1. The van der Waals surface area contributed by atoms with Crippen molar-refractivity contribution in [1.82, 2.24) is 25.7 Å². The molecule has 2 amide bonds. The van der Waals surface area contributed by atoms with E-state index in [4.69, 9.17) is 4.74 Å². The molecule has 11 nitrogen and oxygen atoms in total. The van der Waals surface area contributed by atoms with E-state index in [9.17, 15) is 18.0 Å². The molecule has 39 heavy (non-hydrogen) atoms. The summed E-state index contributed by atoms with van der Waals surface area (Å²) >= 11 is 0. The number of rotatable bonds is 8. The number of alkyl carbamates (subject to hydrolysis) is 1. The van der Waals surface area contributed by atoms with Crippen LogP contribution in [0.15, 0.2) is 46.5 Å². The molecule has 0 aliphatic heterocycles. The van der Waals surface area contributed by atoms with Crippen molar-refractivity contribution in [3.63, 3.8) is 0 Å². The van der Waals surface area contributed by atoms with Crippen LogP contribution in [0.3, 0.4) is 0 Å². The summed E-state index contributed by atoms with van der Waals surface area (Å²) in [4.78, 5) is 36.3. The largest absolute Gasteiger partial charge is 0.444 e. The molecule has 0 saturated heterocycles. The van der Waals surface area contributed by atoms with Gasteiger partial charge in [-0.15, -0.1) is 0 Å². The Balaban J connectivity index is 1.34. The van der Waals surface area contributed by atoms with E-state index in [0.29, 0.717) is 30.0 Å². The van der Waals surface area contributed by atoms with E-state index >= 15 is 0 Å². The lowest BCUT2D eigenvalue weighted by Gasteiger charge is -2.28. The lowest BCUT2D eigenvalue weighted by Crippen LogP contribution is -2.36. The SMILES string of the molecule is Cc1cccc(S(=O)(=O)c2nc3[nH]ccc3nc2NNC(=O)CC2CCC(CNC(=O)OC(C)(C)C)CC2)c1. The van der Waals surface area contributed by atoms with Crippen LogP contribution in [0.5, 0.6) is 0 Å². The number of aryl methyl sites for hydroxylation is 1. The summed E-state index contributed by atoms with van der Waals surface area (Å²) in [6.07, 6.45) is 5.01. The molecule has 210 valence electrons. The second-order valence-corrected chi connectivity index (χ2v) is 12.9. The predicted molar refractivity (Wildman–Crippen MR) is 147 cm³/mol. The number of fused-ring (bicyclic) bond motifs is 1. The molecule has 1 fully saturated rings. The van der Waals surface area contributed by atoms with E-state index in [2.05, 4.69) is 31.1 Å². The number of hydrogen-bond donors (Lipinski definition) is 4. The van der Waals surface area contributed by atoms with Crippen molar-refractivity contribution >= 4 is 38.8 Å². The van der Waals surface area contributed by atoms with E-state index in [1.165, 1.54) is 6.07 Å². The molecular weight excluding hydrogens is 520 g/mol. The summed E-state index contributed by atoms with van der Waals surface area (Å²) in [5.74, 6) is 0.222. The number of hydrogen-bond acceptors (Lipinski definition) is 8. The normalized spacial score (nSPS) is 17.9. The molecule has 12 heteroatoms. The number of H-pyrrole nitrogens is 1. The Morgan fingerprint density at radius 2 is 1.79 bits per heavy atom. The summed E-state index contributed by atoms with van der Waals surface area (Å²) in [6.45, 7) is 7.84. The molecule has 1 aliphatic carbocycles. The number of anilines is 1. The van der Waals surface area contributed by atoms with Gasteiger partial charge in [-0.05, 0) is 89.0 Å². The van der Waals surface area contributed by atoms with E-state index < -0.39 is 21.5 Å². The minimum Gasteiger partial charge on any atom is -0.444 e. The van der Waals surface area contributed by atoms with E-state index in [-0.39, 0.29) is 27.6 Å². The molecule has 0 bridgehead atoms. The van der Waals surface area contributed by atoms with Crippen molar-refractivity contribution in [3.8, 4) is 0 Å². The Morgan fingerprint density at radius 3 is 2.49 bits per heavy atom. The lowest BCUT2D eigenvalue weighted by molar-refractivity contribution is -0.121. The molecule has 2 heterocycles. The number of hydrazine groups is 1. The first-order chi connectivity index (χ1) is 18.4. The van der Waals surface area contributed by atoms with Crippen LogP contribution in [0.4, 0.5) is 10.6 Å². The fourth-order valence-corrected chi connectivity index (χ4v) is 6.03. The van der Waals surface area contributed by atoms with Gasteiger partial charge in [-0.1, -0.05) is 12.1 Å². The van der Waals surface area contributed by atoms with Crippen LogP contribution in [0.25, 0.3) is 11.2 Å². The Kier molecular flexibility index (Phi) is 8.43. The van der Waals surface area contributed by atoms with Crippen LogP contribution in [0.1, 0.15) is 58.4 Å². The standard InChI is InChI=1S/C27H36N6O5S/c1-17-6-5-7-20(14-17)39(36,37)25-24(30-21-12-13-28-23(21)31-25)33-32-22(34)15-18-8-10-19(11-9-18)16-29-26(35)38-27(2,3)4/h5-7,12-14,18-19H,8-11,15-16H2,1-4H3,(H,28,31)(H,29,35)(H,30,33)(H,32,34). The number of carbonyl (C=O) groups is 2. The second kappa shape index (κ2) is 11.6. The summed E-state index contributed by atoms with van der Waals surface area (Å²) in [6, 6.07) is 8.22. The first-order valence-electron chi connectivity index (χ1n) is 13.1. The first-order valence-corrected chi connectivity index (χ1v) is 14.6. The van der Waals surface area contributed by atoms with Gasteiger partial charge in [0.2, 0.25) is 20.8 Å². The Labute approximate surface area is 228 Å². The third-order valence-corrected chi connectivity index (χ3v) is 8.27. The lowest BCUT2D eigenvalue weighted by atomic mass is 9.80. The van der Waals surface area contributed by atoms with Gasteiger partial charge < -0.3 is 15.0 Å². The Hall–Kier alpha value is -3.67. The number of carbonyl (C=O) groups excluding carboxylic acids is 2. The molecule has 4 rings (SSSR count). The number of aromatic nitrogens is 3. The third kappa shape index (κ3) is 7.47. The highest BCUT2D eigenvalue weighted by molar-refractivity contribution is 7.91. The fraction of sp³-hybridized carbons (Fsp3) is 0.481. The average molecular weight is 557 g/mol. The summed E-state index contributed by atoms with van der Waals surface area (Å²) in [7, 11) is -4.01. The van der Waals surface area contributed by atoms with Gasteiger partial charge in [0.15, 0.2) is 11.5 Å². The van der Waals surface area contributed by atoms with Crippen LogP contribution in [-0.2, 0) is 19.4 Å². The highest BCUT2D eigenvalue weighted by Gasteiger charge is 2.27. The van der Waals surface area contributed by atoms with Crippen molar-refractivity contribution in [2.45, 2.75) is 75.3 Å². The molecule has 1 saturated carbocycles. The van der Waals surface area contributed by atoms with Crippen LogP contribution < -0.4 is 16.2 Å². The molecule has 0 spiro atoms. The number of sulfone groups is 1. The zero-order chi connectivity index (χ0) is 28.2.